The van der Waals surface area contributed by atoms with Crippen LogP contribution in [0.4, 0.5) is 0 Å². The SMILES string of the molecule is O=C(Cn1cccn1)N[C@@H]1CCNC1. The predicted molar refractivity (Wildman–Crippen MR) is 51.6 cm³/mol. The van der Waals surface area contributed by atoms with Gasteiger partial charge in [0, 0.05) is 25.0 Å². The predicted octanol–water partition coefficient (Wildman–Crippen LogP) is -0.639. The van der Waals surface area contributed by atoms with Gasteiger partial charge < -0.3 is 10.6 Å². The first kappa shape index (κ1) is 9.21. The van der Waals surface area contributed by atoms with Crippen molar-refractivity contribution < 1.29 is 4.79 Å². The minimum atomic E-state index is 0.0300. The first-order valence-corrected chi connectivity index (χ1v) is 4.82. The van der Waals surface area contributed by atoms with Crippen molar-refractivity contribution in [3.05, 3.63) is 18.5 Å². The normalized spacial score (nSPS) is 21.0. The maximum atomic E-state index is 11.5. The monoisotopic (exact) mass is 194 g/mol. The number of hydrogen-bond acceptors (Lipinski definition) is 3. The van der Waals surface area contributed by atoms with Gasteiger partial charge in [0.1, 0.15) is 6.54 Å². The van der Waals surface area contributed by atoms with E-state index in [1.165, 1.54) is 0 Å². The highest BCUT2D eigenvalue weighted by Gasteiger charge is 2.16. The van der Waals surface area contributed by atoms with Gasteiger partial charge in [-0.3, -0.25) is 9.48 Å². The van der Waals surface area contributed by atoms with Crippen molar-refractivity contribution in [1.82, 2.24) is 20.4 Å². The van der Waals surface area contributed by atoms with Crippen LogP contribution in [0.15, 0.2) is 18.5 Å². The van der Waals surface area contributed by atoms with Crippen LogP contribution in [0.2, 0.25) is 0 Å². The molecule has 1 atom stereocenters. The van der Waals surface area contributed by atoms with Crippen molar-refractivity contribution in [2.45, 2.75) is 19.0 Å². The number of carbonyl (C=O) groups excluding carboxylic acids is 1. The molecule has 1 saturated heterocycles. The van der Waals surface area contributed by atoms with Crippen molar-refractivity contribution in [3.8, 4) is 0 Å². The zero-order chi connectivity index (χ0) is 9.80. The molecule has 1 aliphatic heterocycles. The van der Waals surface area contributed by atoms with Gasteiger partial charge in [0.25, 0.3) is 0 Å². The third kappa shape index (κ3) is 2.32. The molecule has 5 heteroatoms. The summed E-state index contributed by atoms with van der Waals surface area (Å²) in [6, 6.07) is 2.10. The van der Waals surface area contributed by atoms with Gasteiger partial charge in [-0.1, -0.05) is 0 Å². The topological polar surface area (TPSA) is 59.0 Å². The molecule has 1 amide bonds. The lowest BCUT2D eigenvalue weighted by atomic mass is 10.2. The lowest BCUT2D eigenvalue weighted by Crippen LogP contribution is -2.38. The summed E-state index contributed by atoms with van der Waals surface area (Å²) in [6.07, 6.45) is 4.47. The molecular weight excluding hydrogens is 180 g/mol. The largest absolute Gasteiger partial charge is 0.350 e. The average molecular weight is 194 g/mol. The van der Waals surface area contributed by atoms with Crippen LogP contribution in [0.5, 0.6) is 0 Å². The number of rotatable bonds is 3. The number of amides is 1. The summed E-state index contributed by atoms with van der Waals surface area (Å²) in [6.45, 7) is 2.18. The van der Waals surface area contributed by atoms with Crippen molar-refractivity contribution >= 4 is 5.91 Å². The number of aromatic nitrogens is 2. The second-order valence-electron chi connectivity index (χ2n) is 3.46. The van der Waals surface area contributed by atoms with E-state index in [0.717, 1.165) is 19.5 Å². The van der Waals surface area contributed by atoms with Crippen LogP contribution < -0.4 is 10.6 Å². The molecule has 0 aliphatic carbocycles. The molecule has 1 fully saturated rings. The number of nitrogens with zero attached hydrogens (tertiary/aromatic N) is 2. The number of hydrogen-bond donors (Lipinski definition) is 2. The summed E-state index contributed by atoms with van der Waals surface area (Å²) in [7, 11) is 0. The van der Waals surface area contributed by atoms with E-state index in [2.05, 4.69) is 15.7 Å². The Hall–Kier alpha value is -1.36. The van der Waals surface area contributed by atoms with Crippen molar-refractivity contribution in [2.24, 2.45) is 0 Å². The van der Waals surface area contributed by atoms with E-state index in [1.807, 2.05) is 6.07 Å². The minimum absolute atomic E-state index is 0.0300. The van der Waals surface area contributed by atoms with Gasteiger partial charge in [-0.2, -0.15) is 5.10 Å². The molecule has 2 N–H and O–H groups in total. The van der Waals surface area contributed by atoms with Crippen LogP contribution in [-0.4, -0.2) is 34.8 Å². The molecule has 2 heterocycles. The lowest BCUT2D eigenvalue weighted by Gasteiger charge is -2.10. The maximum absolute atomic E-state index is 11.5. The molecule has 1 aliphatic rings. The highest BCUT2D eigenvalue weighted by Crippen LogP contribution is 1.96. The molecule has 0 aromatic carbocycles. The van der Waals surface area contributed by atoms with Gasteiger partial charge in [-0.25, -0.2) is 0 Å². The Kier molecular flexibility index (Phi) is 2.78. The Labute approximate surface area is 82.5 Å². The molecule has 0 spiro atoms. The van der Waals surface area contributed by atoms with Gasteiger partial charge in [-0.15, -0.1) is 0 Å². The highest BCUT2D eigenvalue weighted by atomic mass is 16.2. The summed E-state index contributed by atoms with van der Waals surface area (Å²) in [5.41, 5.74) is 0. The molecule has 0 saturated carbocycles. The Bertz CT molecular complexity index is 290. The standard InChI is InChI=1S/C9H14N4O/c14-9(7-13-5-1-3-11-13)12-8-2-4-10-6-8/h1,3,5,8,10H,2,4,6-7H2,(H,12,14)/t8-/m1/s1. The van der Waals surface area contributed by atoms with E-state index >= 15 is 0 Å². The van der Waals surface area contributed by atoms with Gasteiger partial charge in [-0.05, 0) is 19.0 Å². The smallest absolute Gasteiger partial charge is 0.241 e. The lowest BCUT2D eigenvalue weighted by molar-refractivity contribution is -0.122. The third-order valence-electron chi connectivity index (χ3n) is 2.29. The van der Waals surface area contributed by atoms with Crippen LogP contribution >= 0.6 is 0 Å². The van der Waals surface area contributed by atoms with Crippen molar-refractivity contribution in [1.29, 1.82) is 0 Å². The number of nitrogens with one attached hydrogen (secondary N) is 2. The van der Waals surface area contributed by atoms with Crippen molar-refractivity contribution in [2.75, 3.05) is 13.1 Å². The molecule has 76 valence electrons. The van der Waals surface area contributed by atoms with E-state index in [1.54, 1.807) is 17.1 Å². The third-order valence-corrected chi connectivity index (χ3v) is 2.29. The quantitative estimate of drug-likeness (QED) is 0.673. The van der Waals surface area contributed by atoms with E-state index in [4.69, 9.17) is 0 Å². The summed E-state index contributed by atoms with van der Waals surface area (Å²) in [5.74, 6) is 0.0300. The van der Waals surface area contributed by atoms with Crippen LogP contribution in [0.1, 0.15) is 6.42 Å². The average Bonchev–Trinajstić information content (AvgIpc) is 2.76. The van der Waals surface area contributed by atoms with Gasteiger partial charge in [0.15, 0.2) is 0 Å². The first-order valence-electron chi connectivity index (χ1n) is 4.82. The minimum Gasteiger partial charge on any atom is -0.350 e. The van der Waals surface area contributed by atoms with E-state index in [0.29, 0.717) is 6.54 Å². The Balaban J connectivity index is 1.78. The van der Waals surface area contributed by atoms with Gasteiger partial charge in [0.2, 0.25) is 5.91 Å². The molecule has 0 unspecified atom stereocenters. The molecule has 1 aromatic heterocycles. The second-order valence-corrected chi connectivity index (χ2v) is 3.46. The molecule has 5 nitrogen and oxygen atoms in total. The van der Waals surface area contributed by atoms with Gasteiger partial charge >= 0.3 is 0 Å². The van der Waals surface area contributed by atoms with Crippen LogP contribution in [0.25, 0.3) is 0 Å². The van der Waals surface area contributed by atoms with Crippen LogP contribution in [0.3, 0.4) is 0 Å². The molecule has 2 rings (SSSR count). The van der Waals surface area contributed by atoms with E-state index in [-0.39, 0.29) is 11.9 Å². The molecule has 0 bridgehead atoms. The summed E-state index contributed by atoms with van der Waals surface area (Å²) in [4.78, 5) is 11.5. The fraction of sp³-hybridized carbons (Fsp3) is 0.556. The number of carbonyl (C=O) groups is 1. The zero-order valence-electron chi connectivity index (χ0n) is 7.94. The molecule has 1 aromatic rings. The fourth-order valence-electron chi connectivity index (χ4n) is 1.59. The first-order chi connectivity index (χ1) is 6.84. The molecule has 0 radical (unpaired) electrons. The summed E-state index contributed by atoms with van der Waals surface area (Å²) < 4.78 is 1.62. The Morgan fingerprint density at radius 2 is 2.64 bits per heavy atom. The van der Waals surface area contributed by atoms with Crippen LogP contribution in [-0.2, 0) is 11.3 Å². The molecule has 14 heavy (non-hydrogen) atoms. The fourth-order valence-corrected chi connectivity index (χ4v) is 1.59. The van der Waals surface area contributed by atoms with Gasteiger partial charge in [0.05, 0.1) is 0 Å². The zero-order valence-corrected chi connectivity index (χ0v) is 7.94. The highest BCUT2D eigenvalue weighted by molar-refractivity contribution is 5.76. The molecular formula is C9H14N4O. The summed E-state index contributed by atoms with van der Waals surface area (Å²) in [5, 5.41) is 10.1. The van der Waals surface area contributed by atoms with E-state index in [9.17, 15) is 4.79 Å². The Morgan fingerprint density at radius 1 is 1.71 bits per heavy atom. The van der Waals surface area contributed by atoms with Crippen LogP contribution in [0, 0.1) is 0 Å². The van der Waals surface area contributed by atoms with E-state index < -0.39 is 0 Å². The summed E-state index contributed by atoms with van der Waals surface area (Å²) >= 11 is 0. The maximum Gasteiger partial charge on any atom is 0.241 e. The van der Waals surface area contributed by atoms with Crippen molar-refractivity contribution in [3.63, 3.8) is 0 Å². The Morgan fingerprint density at radius 3 is 3.29 bits per heavy atom. The second kappa shape index (κ2) is 4.23.